The Hall–Kier alpha value is -2.41. The predicted octanol–water partition coefficient (Wildman–Crippen LogP) is 5.37. The molecular formula is C21H21F2N3OS. The van der Waals surface area contributed by atoms with Gasteiger partial charge in [0.1, 0.15) is 22.8 Å². The predicted molar refractivity (Wildman–Crippen MR) is 107 cm³/mol. The number of hydrogen-bond acceptors (Lipinski definition) is 4. The van der Waals surface area contributed by atoms with Crippen molar-refractivity contribution in [1.29, 1.82) is 0 Å². The summed E-state index contributed by atoms with van der Waals surface area (Å²) >= 11 is 1.40. The number of hydrogen-bond donors (Lipinski definition) is 1. The van der Waals surface area contributed by atoms with E-state index in [0.29, 0.717) is 28.3 Å². The highest BCUT2D eigenvalue weighted by molar-refractivity contribution is 7.99. The number of phenols is 1. The monoisotopic (exact) mass is 401 g/mol. The van der Waals surface area contributed by atoms with Gasteiger partial charge in [0.15, 0.2) is 0 Å². The molecule has 0 bridgehead atoms. The lowest BCUT2D eigenvalue weighted by molar-refractivity contribution is 0.260. The second-order valence-corrected chi connectivity index (χ2v) is 8.39. The van der Waals surface area contributed by atoms with Crippen molar-refractivity contribution in [3.63, 3.8) is 0 Å². The molecular weight excluding hydrogens is 380 g/mol. The smallest absolute Gasteiger partial charge is 0.132 e. The van der Waals surface area contributed by atoms with Crippen molar-refractivity contribution in [3.05, 3.63) is 48.5 Å². The van der Waals surface area contributed by atoms with Gasteiger partial charge in [0, 0.05) is 41.4 Å². The zero-order valence-electron chi connectivity index (χ0n) is 15.5. The van der Waals surface area contributed by atoms with E-state index in [9.17, 15) is 13.9 Å². The van der Waals surface area contributed by atoms with Crippen LogP contribution < -0.4 is 0 Å². The summed E-state index contributed by atoms with van der Waals surface area (Å²) in [4.78, 5) is 0. The van der Waals surface area contributed by atoms with Crippen LogP contribution in [-0.4, -0.2) is 31.3 Å². The van der Waals surface area contributed by atoms with Gasteiger partial charge in [-0.15, -0.1) is 10.2 Å². The number of halogens is 2. The number of rotatable bonds is 4. The summed E-state index contributed by atoms with van der Waals surface area (Å²) in [6, 6.07) is 7.89. The van der Waals surface area contributed by atoms with Crippen LogP contribution >= 0.6 is 11.8 Å². The molecule has 2 heterocycles. The Kier molecular flexibility index (Phi) is 5.35. The third-order valence-corrected chi connectivity index (χ3v) is 6.33. The highest BCUT2D eigenvalue weighted by atomic mass is 32.2. The summed E-state index contributed by atoms with van der Waals surface area (Å²) in [7, 11) is 1.85. The van der Waals surface area contributed by atoms with E-state index in [1.807, 2.05) is 17.8 Å². The fourth-order valence-electron chi connectivity index (χ4n) is 3.52. The van der Waals surface area contributed by atoms with E-state index in [1.165, 1.54) is 23.9 Å². The van der Waals surface area contributed by atoms with E-state index in [0.717, 1.165) is 19.3 Å². The maximum atomic E-state index is 14.6. The summed E-state index contributed by atoms with van der Waals surface area (Å²) in [6.07, 6.45) is 6.19. The molecule has 1 saturated carbocycles. The van der Waals surface area contributed by atoms with E-state index in [4.69, 9.17) is 0 Å². The Morgan fingerprint density at radius 3 is 2.61 bits per heavy atom. The van der Waals surface area contributed by atoms with Gasteiger partial charge in [-0.05, 0) is 43.2 Å². The summed E-state index contributed by atoms with van der Waals surface area (Å²) in [6.45, 7) is 0. The Balaban J connectivity index is 1.56. The van der Waals surface area contributed by atoms with Crippen LogP contribution in [0.5, 0.6) is 5.75 Å². The molecule has 1 fully saturated rings. The highest BCUT2D eigenvalue weighted by Gasteiger charge is 2.26. The molecule has 0 spiro atoms. The fraction of sp³-hybridized carbons (Fsp3) is 0.333. The second kappa shape index (κ2) is 7.91. The number of aryl methyl sites for hydroxylation is 1. The lowest BCUT2D eigenvalue weighted by Gasteiger charge is -2.24. The van der Waals surface area contributed by atoms with E-state index < -0.39 is 12.0 Å². The van der Waals surface area contributed by atoms with Gasteiger partial charge < -0.3 is 9.67 Å². The van der Waals surface area contributed by atoms with Crippen LogP contribution in [0.3, 0.4) is 0 Å². The van der Waals surface area contributed by atoms with Crippen molar-refractivity contribution in [3.8, 4) is 28.1 Å². The minimum Gasteiger partial charge on any atom is -0.507 e. The van der Waals surface area contributed by atoms with Gasteiger partial charge in [-0.2, -0.15) is 0 Å². The molecule has 0 saturated heterocycles. The van der Waals surface area contributed by atoms with Crippen molar-refractivity contribution >= 4 is 11.8 Å². The molecule has 28 heavy (non-hydrogen) atoms. The molecule has 2 aromatic heterocycles. The van der Waals surface area contributed by atoms with E-state index in [2.05, 4.69) is 10.2 Å². The number of nitrogens with zero attached hydrogens (tertiary/aromatic N) is 3. The number of thioether (sulfide) groups is 1. The Bertz CT molecular complexity index is 974. The van der Waals surface area contributed by atoms with Crippen molar-refractivity contribution in [1.82, 2.24) is 14.8 Å². The average molecular weight is 401 g/mol. The third-order valence-electron chi connectivity index (χ3n) is 5.04. The quantitative estimate of drug-likeness (QED) is 0.639. The largest absolute Gasteiger partial charge is 0.507 e. The second-order valence-electron chi connectivity index (χ2n) is 7.13. The van der Waals surface area contributed by atoms with Crippen LogP contribution in [0.2, 0.25) is 0 Å². The van der Waals surface area contributed by atoms with Gasteiger partial charge in [0.05, 0.1) is 5.69 Å². The van der Waals surface area contributed by atoms with Crippen LogP contribution in [0, 0.1) is 5.82 Å². The average Bonchev–Trinajstić information content (AvgIpc) is 3.12. The molecule has 2 atom stereocenters. The molecule has 0 aliphatic heterocycles. The first kappa shape index (κ1) is 18.9. The number of aromatic hydroxyl groups is 1. The van der Waals surface area contributed by atoms with Gasteiger partial charge in [0.25, 0.3) is 0 Å². The summed E-state index contributed by atoms with van der Waals surface area (Å²) in [5, 5.41) is 19.2. The van der Waals surface area contributed by atoms with Crippen LogP contribution in [0.4, 0.5) is 8.78 Å². The Labute approximate surface area is 166 Å². The number of alkyl halides is 1. The minimum absolute atomic E-state index is 0.0638. The first-order valence-electron chi connectivity index (χ1n) is 9.31. The van der Waals surface area contributed by atoms with Gasteiger partial charge in [-0.3, -0.25) is 0 Å². The molecule has 1 aliphatic carbocycles. The molecule has 1 aliphatic rings. The van der Waals surface area contributed by atoms with Gasteiger partial charge >= 0.3 is 0 Å². The maximum Gasteiger partial charge on any atom is 0.132 e. The standard InChI is InChI=1S/C21H21F2N3OS/c1-26-9-8-13(12-26)14-11-19(27)15(10-17(14)23)18-6-7-21(25-24-18)28-20-5-3-2-4-16(20)22/h6-12,16,20,27H,2-5H2,1H3/t16-,20+/m1/s1. The fourth-order valence-corrected chi connectivity index (χ4v) is 4.63. The lowest BCUT2D eigenvalue weighted by Crippen LogP contribution is -2.23. The third kappa shape index (κ3) is 3.90. The maximum absolute atomic E-state index is 14.6. The van der Waals surface area contributed by atoms with Crippen LogP contribution in [0.15, 0.2) is 47.8 Å². The molecule has 3 aromatic rings. The van der Waals surface area contributed by atoms with Crippen molar-refractivity contribution < 1.29 is 13.9 Å². The van der Waals surface area contributed by atoms with Crippen molar-refractivity contribution in [2.24, 2.45) is 7.05 Å². The summed E-state index contributed by atoms with van der Waals surface area (Å²) in [5.41, 5.74) is 1.67. The normalized spacial score (nSPS) is 19.7. The Morgan fingerprint density at radius 2 is 1.93 bits per heavy atom. The van der Waals surface area contributed by atoms with E-state index >= 15 is 0 Å². The Morgan fingerprint density at radius 1 is 1.11 bits per heavy atom. The van der Waals surface area contributed by atoms with E-state index in [-0.39, 0.29) is 16.6 Å². The first-order valence-corrected chi connectivity index (χ1v) is 10.2. The molecule has 146 valence electrons. The topological polar surface area (TPSA) is 50.9 Å². The lowest BCUT2D eigenvalue weighted by atomic mass is 9.98. The minimum atomic E-state index is -0.816. The summed E-state index contributed by atoms with van der Waals surface area (Å²) in [5.74, 6) is -0.507. The molecule has 1 N–H and O–H groups in total. The molecule has 0 radical (unpaired) electrons. The van der Waals surface area contributed by atoms with Gasteiger partial charge in [-0.25, -0.2) is 8.78 Å². The van der Waals surface area contributed by atoms with Crippen LogP contribution in [-0.2, 0) is 7.05 Å². The molecule has 0 unspecified atom stereocenters. The van der Waals surface area contributed by atoms with Crippen molar-refractivity contribution in [2.45, 2.75) is 42.1 Å². The van der Waals surface area contributed by atoms with Crippen LogP contribution in [0.25, 0.3) is 22.4 Å². The SMILES string of the molecule is Cn1ccc(-c2cc(O)c(-c3ccc(S[C@H]4CCCC[C@H]4F)nn3)cc2F)c1. The highest BCUT2D eigenvalue weighted by Crippen LogP contribution is 2.37. The molecule has 4 rings (SSSR count). The van der Waals surface area contributed by atoms with E-state index in [1.54, 1.807) is 24.4 Å². The molecule has 1 aromatic carbocycles. The van der Waals surface area contributed by atoms with Crippen LogP contribution in [0.1, 0.15) is 25.7 Å². The van der Waals surface area contributed by atoms with Gasteiger partial charge in [-0.1, -0.05) is 24.6 Å². The molecule has 0 amide bonds. The molecule has 4 nitrogen and oxygen atoms in total. The zero-order chi connectivity index (χ0) is 19.7. The number of benzene rings is 1. The molecule has 7 heteroatoms. The zero-order valence-corrected chi connectivity index (χ0v) is 16.3. The van der Waals surface area contributed by atoms with Gasteiger partial charge in [0.2, 0.25) is 0 Å². The number of phenolic OH excluding ortho intramolecular Hbond substituents is 1. The number of aromatic nitrogens is 3. The van der Waals surface area contributed by atoms with Crippen molar-refractivity contribution in [2.75, 3.05) is 0 Å². The first-order chi connectivity index (χ1) is 13.5. The summed E-state index contributed by atoms with van der Waals surface area (Å²) < 4.78 is 30.5.